The number of nitrogens with one attached hydrogen (secondary N) is 2. The number of amides is 1. The number of nitriles is 1. The molecule has 6 nitrogen and oxygen atoms in total. The number of aromatic nitrogens is 2. The van der Waals surface area contributed by atoms with Crippen LogP contribution >= 0.6 is 0 Å². The lowest BCUT2D eigenvalue weighted by atomic mass is 10.1. The van der Waals surface area contributed by atoms with Crippen molar-refractivity contribution >= 4 is 23.2 Å². The second-order valence-electron chi connectivity index (χ2n) is 5.86. The first kappa shape index (κ1) is 17.1. The van der Waals surface area contributed by atoms with Crippen LogP contribution in [0.15, 0.2) is 54.7 Å². The van der Waals surface area contributed by atoms with Gasteiger partial charge in [0, 0.05) is 17.6 Å². The summed E-state index contributed by atoms with van der Waals surface area (Å²) in [6, 6.07) is 16.3. The summed E-state index contributed by atoms with van der Waals surface area (Å²) in [6.07, 6.45) is 1.53. The lowest BCUT2D eigenvalue weighted by molar-refractivity contribution is 0.102. The van der Waals surface area contributed by atoms with Crippen LogP contribution in [0.1, 0.15) is 27.2 Å². The van der Waals surface area contributed by atoms with Gasteiger partial charge in [0.25, 0.3) is 5.91 Å². The number of aryl methyl sites for hydroxylation is 2. The number of anilines is 3. The van der Waals surface area contributed by atoms with Crippen LogP contribution in [-0.4, -0.2) is 15.9 Å². The van der Waals surface area contributed by atoms with Gasteiger partial charge >= 0.3 is 0 Å². The summed E-state index contributed by atoms with van der Waals surface area (Å²) in [5.41, 5.74) is 4.36. The Hall–Kier alpha value is -3.72. The third-order valence-electron chi connectivity index (χ3n) is 3.77. The minimum Gasteiger partial charge on any atom is -0.324 e. The molecule has 0 radical (unpaired) electrons. The Morgan fingerprint density at radius 1 is 1.12 bits per heavy atom. The first-order chi connectivity index (χ1) is 12.5. The molecule has 0 fully saturated rings. The van der Waals surface area contributed by atoms with Crippen molar-refractivity contribution < 1.29 is 4.79 Å². The third-order valence-corrected chi connectivity index (χ3v) is 3.77. The van der Waals surface area contributed by atoms with Crippen LogP contribution < -0.4 is 10.6 Å². The van der Waals surface area contributed by atoms with Gasteiger partial charge in [-0.1, -0.05) is 23.8 Å². The molecule has 0 atom stereocenters. The van der Waals surface area contributed by atoms with E-state index < -0.39 is 0 Å². The standard InChI is InChI=1S/C20H17N5O/c1-13-6-7-17(14(2)10-13)24-20-22-9-8-18(25-20)19(26)23-16-5-3-4-15(11-16)12-21/h3-11H,1-2H3,(H,23,26)(H,22,24,25). The van der Waals surface area contributed by atoms with Crippen molar-refractivity contribution in [2.75, 3.05) is 10.6 Å². The number of carbonyl (C=O) groups excluding carboxylic acids is 1. The van der Waals surface area contributed by atoms with Crippen molar-refractivity contribution in [3.63, 3.8) is 0 Å². The number of benzene rings is 2. The molecule has 128 valence electrons. The van der Waals surface area contributed by atoms with Gasteiger partial charge in [-0.15, -0.1) is 0 Å². The lowest BCUT2D eigenvalue weighted by Gasteiger charge is -2.10. The second-order valence-corrected chi connectivity index (χ2v) is 5.86. The maximum Gasteiger partial charge on any atom is 0.274 e. The van der Waals surface area contributed by atoms with Crippen LogP contribution in [0, 0.1) is 25.2 Å². The monoisotopic (exact) mass is 343 g/mol. The van der Waals surface area contributed by atoms with Crippen LogP contribution in [0.25, 0.3) is 0 Å². The predicted octanol–water partition coefficient (Wildman–Crippen LogP) is 3.96. The Morgan fingerprint density at radius 2 is 1.96 bits per heavy atom. The molecule has 3 aromatic rings. The highest BCUT2D eigenvalue weighted by atomic mass is 16.1. The number of rotatable bonds is 4. The van der Waals surface area contributed by atoms with Crippen molar-refractivity contribution in [1.29, 1.82) is 5.26 Å². The van der Waals surface area contributed by atoms with E-state index in [9.17, 15) is 4.79 Å². The quantitative estimate of drug-likeness (QED) is 0.748. The van der Waals surface area contributed by atoms with E-state index in [1.54, 1.807) is 24.3 Å². The molecule has 0 saturated heterocycles. The van der Waals surface area contributed by atoms with Gasteiger partial charge in [0.15, 0.2) is 0 Å². The van der Waals surface area contributed by atoms with Crippen molar-refractivity contribution in [2.45, 2.75) is 13.8 Å². The minimum atomic E-state index is -0.369. The molecule has 0 bridgehead atoms. The Labute approximate surface area is 151 Å². The summed E-state index contributed by atoms with van der Waals surface area (Å²) >= 11 is 0. The normalized spacial score (nSPS) is 10.0. The number of hydrogen-bond acceptors (Lipinski definition) is 5. The van der Waals surface area contributed by atoms with Crippen LogP contribution in [-0.2, 0) is 0 Å². The van der Waals surface area contributed by atoms with E-state index in [0.29, 0.717) is 17.2 Å². The molecule has 0 aliphatic rings. The minimum absolute atomic E-state index is 0.231. The van der Waals surface area contributed by atoms with Gasteiger partial charge in [-0.05, 0) is 49.7 Å². The van der Waals surface area contributed by atoms with Gasteiger partial charge in [-0.25, -0.2) is 9.97 Å². The van der Waals surface area contributed by atoms with Crippen molar-refractivity contribution in [3.8, 4) is 6.07 Å². The topological polar surface area (TPSA) is 90.7 Å². The summed E-state index contributed by atoms with van der Waals surface area (Å²) in [5.74, 6) is -0.0263. The molecule has 1 amide bonds. The molecule has 0 unspecified atom stereocenters. The number of nitrogens with zero attached hydrogens (tertiary/aromatic N) is 3. The van der Waals surface area contributed by atoms with Gasteiger partial charge in [0.1, 0.15) is 5.69 Å². The first-order valence-corrected chi connectivity index (χ1v) is 8.04. The van der Waals surface area contributed by atoms with Crippen LogP contribution in [0.3, 0.4) is 0 Å². The maximum atomic E-state index is 12.4. The Morgan fingerprint density at radius 3 is 2.73 bits per heavy atom. The van der Waals surface area contributed by atoms with Crippen LogP contribution in [0.4, 0.5) is 17.3 Å². The zero-order valence-corrected chi connectivity index (χ0v) is 14.4. The first-order valence-electron chi connectivity index (χ1n) is 8.04. The van der Waals surface area contributed by atoms with Crippen molar-refractivity contribution in [2.24, 2.45) is 0 Å². The second kappa shape index (κ2) is 7.45. The number of carbonyl (C=O) groups is 1. The molecule has 2 aromatic carbocycles. The molecule has 0 aliphatic heterocycles. The van der Waals surface area contributed by atoms with E-state index in [1.165, 1.54) is 17.8 Å². The molecule has 3 rings (SSSR count). The van der Waals surface area contributed by atoms with E-state index in [1.807, 2.05) is 32.0 Å². The highest BCUT2D eigenvalue weighted by Crippen LogP contribution is 2.19. The summed E-state index contributed by atoms with van der Waals surface area (Å²) in [5, 5.41) is 14.8. The maximum absolute atomic E-state index is 12.4. The Bertz CT molecular complexity index is 1010. The van der Waals surface area contributed by atoms with Gasteiger partial charge in [-0.3, -0.25) is 4.79 Å². The van der Waals surface area contributed by atoms with Crippen LogP contribution in [0.2, 0.25) is 0 Å². The van der Waals surface area contributed by atoms with E-state index in [0.717, 1.165) is 11.3 Å². The van der Waals surface area contributed by atoms with E-state index in [-0.39, 0.29) is 11.6 Å². The lowest BCUT2D eigenvalue weighted by Crippen LogP contribution is -2.15. The van der Waals surface area contributed by atoms with E-state index in [4.69, 9.17) is 5.26 Å². The van der Waals surface area contributed by atoms with Crippen LogP contribution in [0.5, 0.6) is 0 Å². The number of hydrogen-bond donors (Lipinski definition) is 2. The summed E-state index contributed by atoms with van der Waals surface area (Å²) in [6.45, 7) is 4.02. The summed E-state index contributed by atoms with van der Waals surface area (Å²) in [7, 11) is 0. The average molecular weight is 343 g/mol. The molecule has 0 spiro atoms. The fraction of sp³-hybridized carbons (Fsp3) is 0.100. The molecule has 0 saturated carbocycles. The summed E-state index contributed by atoms with van der Waals surface area (Å²) in [4.78, 5) is 20.9. The summed E-state index contributed by atoms with van der Waals surface area (Å²) < 4.78 is 0. The van der Waals surface area contributed by atoms with Crippen molar-refractivity contribution in [3.05, 3.63) is 77.1 Å². The van der Waals surface area contributed by atoms with Crippen molar-refractivity contribution in [1.82, 2.24) is 9.97 Å². The largest absolute Gasteiger partial charge is 0.324 e. The molecule has 26 heavy (non-hydrogen) atoms. The highest BCUT2D eigenvalue weighted by Gasteiger charge is 2.10. The third kappa shape index (κ3) is 4.02. The molecule has 2 N–H and O–H groups in total. The zero-order valence-electron chi connectivity index (χ0n) is 14.4. The average Bonchev–Trinajstić information content (AvgIpc) is 2.64. The van der Waals surface area contributed by atoms with Gasteiger partial charge in [-0.2, -0.15) is 5.26 Å². The van der Waals surface area contributed by atoms with E-state index in [2.05, 4.69) is 26.7 Å². The predicted molar refractivity (Wildman–Crippen MR) is 100 cm³/mol. The van der Waals surface area contributed by atoms with Gasteiger partial charge in [0.05, 0.1) is 11.6 Å². The highest BCUT2D eigenvalue weighted by molar-refractivity contribution is 6.03. The fourth-order valence-electron chi connectivity index (χ4n) is 2.48. The molecule has 1 heterocycles. The smallest absolute Gasteiger partial charge is 0.274 e. The molecule has 6 heteroatoms. The Kier molecular flexibility index (Phi) is 4.90. The molecule has 1 aromatic heterocycles. The molecular formula is C20H17N5O. The molecular weight excluding hydrogens is 326 g/mol. The SMILES string of the molecule is Cc1ccc(Nc2nccc(C(=O)Nc3cccc(C#N)c3)n2)c(C)c1. The fourth-order valence-corrected chi connectivity index (χ4v) is 2.48. The van der Waals surface area contributed by atoms with Gasteiger partial charge < -0.3 is 10.6 Å². The molecule has 0 aliphatic carbocycles. The van der Waals surface area contributed by atoms with E-state index >= 15 is 0 Å². The Balaban J connectivity index is 1.78. The zero-order chi connectivity index (χ0) is 18.5. The van der Waals surface area contributed by atoms with Gasteiger partial charge in [0.2, 0.25) is 5.95 Å².